The lowest BCUT2D eigenvalue weighted by Gasteiger charge is -2.31. The van der Waals surface area contributed by atoms with Gasteiger partial charge in [-0.05, 0) is 43.4 Å². The quantitative estimate of drug-likeness (QED) is 0.894. The summed E-state index contributed by atoms with van der Waals surface area (Å²) in [5, 5.41) is 3.59. The van der Waals surface area contributed by atoms with Gasteiger partial charge >= 0.3 is 0 Å². The molecular formula is C17H28N2. The van der Waals surface area contributed by atoms with Gasteiger partial charge in [0.2, 0.25) is 0 Å². The molecule has 1 aliphatic heterocycles. The molecule has 1 N–H and O–H groups in total. The summed E-state index contributed by atoms with van der Waals surface area (Å²) in [7, 11) is 0. The standard InChI is InChI=1S/C17H28N2/c1-14(2)11-17-12-18-9-6-10-19(17)13-16-8-5-4-7-15(16)3/h4-5,7-8,14,17-18H,6,9-13H2,1-3H3. The van der Waals surface area contributed by atoms with E-state index in [-0.39, 0.29) is 0 Å². The molecule has 1 fully saturated rings. The van der Waals surface area contributed by atoms with E-state index in [4.69, 9.17) is 0 Å². The smallest absolute Gasteiger partial charge is 0.0239 e. The largest absolute Gasteiger partial charge is 0.315 e. The number of hydrogen-bond donors (Lipinski definition) is 1. The molecule has 1 aromatic rings. The summed E-state index contributed by atoms with van der Waals surface area (Å²) < 4.78 is 0. The molecule has 106 valence electrons. The van der Waals surface area contributed by atoms with Crippen molar-refractivity contribution in [3.63, 3.8) is 0 Å². The Morgan fingerprint density at radius 2 is 2.11 bits per heavy atom. The predicted molar refractivity (Wildman–Crippen MR) is 82.3 cm³/mol. The van der Waals surface area contributed by atoms with E-state index >= 15 is 0 Å². The van der Waals surface area contributed by atoms with Gasteiger partial charge in [-0.25, -0.2) is 0 Å². The number of aryl methyl sites for hydroxylation is 1. The predicted octanol–water partition coefficient (Wildman–Crippen LogP) is 3.21. The molecule has 0 amide bonds. The third kappa shape index (κ3) is 4.32. The van der Waals surface area contributed by atoms with Crippen LogP contribution in [0, 0.1) is 12.8 Å². The third-order valence-electron chi connectivity index (χ3n) is 4.07. The molecule has 0 aromatic heterocycles. The minimum atomic E-state index is 0.683. The zero-order chi connectivity index (χ0) is 13.7. The minimum Gasteiger partial charge on any atom is -0.315 e. The number of nitrogens with zero attached hydrogens (tertiary/aromatic N) is 1. The molecule has 1 aliphatic rings. The first-order valence-electron chi connectivity index (χ1n) is 7.66. The fourth-order valence-corrected chi connectivity index (χ4v) is 2.98. The van der Waals surface area contributed by atoms with Gasteiger partial charge in [0.25, 0.3) is 0 Å². The first-order chi connectivity index (χ1) is 9.16. The summed E-state index contributed by atoms with van der Waals surface area (Å²) in [5.41, 5.74) is 2.90. The second kappa shape index (κ2) is 7.06. The Morgan fingerprint density at radius 1 is 1.32 bits per heavy atom. The Morgan fingerprint density at radius 3 is 2.84 bits per heavy atom. The van der Waals surface area contributed by atoms with Crippen molar-refractivity contribution in [3.8, 4) is 0 Å². The van der Waals surface area contributed by atoms with Crippen molar-refractivity contribution in [1.82, 2.24) is 10.2 Å². The zero-order valence-electron chi connectivity index (χ0n) is 12.7. The molecule has 0 aliphatic carbocycles. The van der Waals surface area contributed by atoms with Crippen LogP contribution < -0.4 is 5.32 Å². The highest BCUT2D eigenvalue weighted by Gasteiger charge is 2.22. The molecule has 2 heteroatoms. The first-order valence-corrected chi connectivity index (χ1v) is 7.66. The van der Waals surface area contributed by atoms with Crippen molar-refractivity contribution >= 4 is 0 Å². The summed E-state index contributed by atoms with van der Waals surface area (Å²) >= 11 is 0. The number of rotatable bonds is 4. The number of hydrogen-bond acceptors (Lipinski definition) is 2. The highest BCUT2D eigenvalue weighted by Crippen LogP contribution is 2.18. The highest BCUT2D eigenvalue weighted by atomic mass is 15.2. The molecule has 19 heavy (non-hydrogen) atoms. The van der Waals surface area contributed by atoms with Gasteiger partial charge in [-0.2, -0.15) is 0 Å². The van der Waals surface area contributed by atoms with E-state index in [1.54, 1.807) is 0 Å². The molecule has 2 rings (SSSR count). The maximum atomic E-state index is 3.59. The Balaban J connectivity index is 2.07. The van der Waals surface area contributed by atoms with Gasteiger partial charge in [-0.3, -0.25) is 4.90 Å². The van der Waals surface area contributed by atoms with Crippen LogP contribution in [0.1, 0.15) is 37.8 Å². The van der Waals surface area contributed by atoms with Crippen molar-refractivity contribution in [2.75, 3.05) is 19.6 Å². The molecule has 1 heterocycles. The maximum absolute atomic E-state index is 3.59. The van der Waals surface area contributed by atoms with E-state index in [2.05, 4.69) is 55.3 Å². The van der Waals surface area contributed by atoms with Crippen molar-refractivity contribution in [2.45, 2.75) is 46.2 Å². The Kier molecular flexibility index (Phi) is 5.41. The SMILES string of the molecule is Cc1ccccc1CN1CCCNCC1CC(C)C. The van der Waals surface area contributed by atoms with E-state index in [1.165, 1.54) is 37.1 Å². The van der Waals surface area contributed by atoms with Crippen LogP contribution >= 0.6 is 0 Å². The van der Waals surface area contributed by atoms with Gasteiger partial charge in [0.1, 0.15) is 0 Å². The van der Waals surface area contributed by atoms with E-state index in [0.29, 0.717) is 6.04 Å². The molecular weight excluding hydrogens is 232 g/mol. The Labute approximate surface area is 118 Å². The molecule has 0 saturated carbocycles. The molecule has 1 aromatic carbocycles. The van der Waals surface area contributed by atoms with E-state index < -0.39 is 0 Å². The average Bonchev–Trinajstić information content (AvgIpc) is 2.58. The monoisotopic (exact) mass is 260 g/mol. The summed E-state index contributed by atoms with van der Waals surface area (Å²) in [6.45, 7) is 11.5. The van der Waals surface area contributed by atoms with Crippen molar-refractivity contribution in [3.05, 3.63) is 35.4 Å². The van der Waals surface area contributed by atoms with Crippen molar-refractivity contribution < 1.29 is 0 Å². The molecule has 0 radical (unpaired) electrons. The molecule has 0 bridgehead atoms. The van der Waals surface area contributed by atoms with Gasteiger partial charge in [0, 0.05) is 25.7 Å². The summed E-state index contributed by atoms with van der Waals surface area (Å²) in [5.74, 6) is 0.768. The molecule has 1 unspecified atom stereocenters. The van der Waals surface area contributed by atoms with Gasteiger partial charge in [-0.1, -0.05) is 38.1 Å². The second-order valence-corrected chi connectivity index (χ2v) is 6.24. The highest BCUT2D eigenvalue weighted by molar-refractivity contribution is 5.25. The van der Waals surface area contributed by atoms with Crippen LogP contribution in [0.25, 0.3) is 0 Å². The van der Waals surface area contributed by atoms with Crippen LogP contribution in [0.15, 0.2) is 24.3 Å². The zero-order valence-corrected chi connectivity index (χ0v) is 12.7. The van der Waals surface area contributed by atoms with Crippen LogP contribution in [0.4, 0.5) is 0 Å². The lowest BCUT2D eigenvalue weighted by molar-refractivity contribution is 0.176. The lowest BCUT2D eigenvalue weighted by atomic mass is 10.0. The average molecular weight is 260 g/mol. The van der Waals surface area contributed by atoms with Crippen LogP contribution in [0.3, 0.4) is 0 Å². The van der Waals surface area contributed by atoms with Crippen molar-refractivity contribution in [2.24, 2.45) is 5.92 Å². The maximum Gasteiger partial charge on any atom is 0.0239 e. The number of nitrogens with one attached hydrogen (secondary N) is 1. The van der Waals surface area contributed by atoms with Gasteiger partial charge in [0.05, 0.1) is 0 Å². The summed E-state index contributed by atoms with van der Waals surface area (Å²) in [4.78, 5) is 2.68. The first kappa shape index (κ1) is 14.5. The fourth-order valence-electron chi connectivity index (χ4n) is 2.98. The number of benzene rings is 1. The van der Waals surface area contributed by atoms with E-state index in [1.807, 2.05) is 0 Å². The molecule has 2 nitrogen and oxygen atoms in total. The molecule has 1 atom stereocenters. The topological polar surface area (TPSA) is 15.3 Å². The van der Waals surface area contributed by atoms with Gasteiger partial charge in [0.15, 0.2) is 0 Å². The summed E-state index contributed by atoms with van der Waals surface area (Å²) in [6.07, 6.45) is 2.55. The molecule has 1 saturated heterocycles. The van der Waals surface area contributed by atoms with Crippen LogP contribution in [-0.2, 0) is 6.54 Å². The van der Waals surface area contributed by atoms with Crippen LogP contribution in [-0.4, -0.2) is 30.6 Å². The Bertz CT molecular complexity index is 387. The van der Waals surface area contributed by atoms with Gasteiger partial charge in [-0.15, -0.1) is 0 Å². The van der Waals surface area contributed by atoms with Crippen molar-refractivity contribution in [1.29, 1.82) is 0 Å². The van der Waals surface area contributed by atoms with E-state index in [9.17, 15) is 0 Å². The minimum absolute atomic E-state index is 0.683. The summed E-state index contributed by atoms with van der Waals surface area (Å²) in [6, 6.07) is 9.48. The van der Waals surface area contributed by atoms with Crippen LogP contribution in [0.2, 0.25) is 0 Å². The Hall–Kier alpha value is -0.860. The van der Waals surface area contributed by atoms with Gasteiger partial charge < -0.3 is 5.32 Å². The lowest BCUT2D eigenvalue weighted by Crippen LogP contribution is -2.40. The normalized spacial score (nSPS) is 21.6. The van der Waals surface area contributed by atoms with Crippen LogP contribution in [0.5, 0.6) is 0 Å². The third-order valence-corrected chi connectivity index (χ3v) is 4.07. The second-order valence-electron chi connectivity index (χ2n) is 6.24. The fraction of sp³-hybridized carbons (Fsp3) is 0.647. The van der Waals surface area contributed by atoms with E-state index in [0.717, 1.165) is 19.0 Å². The molecule has 0 spiro atoms.